The third kappa shape index (κ3) is 6.63. The molecule has 1 aromatic heterocycles. The number of rotatable bonds is 11. The fraction of sp³-hybridized carbons (Fsp3) is 0.652. The van der Waals surface area contributed by atoms with Crippen molar-refractivity contribution in [1.82, 2.24) is 9.80 Å². The van der Waals surface area contributed by atoms with E-state index in [1.54, 1.807) is 0 Å². The van der Waals surface area contributed by atoms with E-state index in [0.29, 0.717) is 6.10 Å². The van der Waals surface area contributed by atoms with Gasteiger partial charge in [-0.3, -0.25) is 4.90 Å². The number of furan rings is 1. The Morgan fingerprint density at radius 2 is 1.93 bits per heavy atom. The first kappa shape index (κ1) is 20.4. The summed E-state index contributed by atoms with van der Waals surface area (Å²) in [5.41, 5.74) is 0.992. The Morgan fingerprint density at radius 1 is 1.11 bits per heavy atom. The Balaban J connectivity index is 1.27. The molecule has 0 spiro atoms. The number of nitrogens with zero attached hydrogens (tertiary/aromatic N) is 2. The lowest BCUT2D eigenvalue weighted by Crippen LogP contribution is -2.36. The smallest absolute Gasteiger partial charge is 0.134 e. The molecule has 150 valence electrons. The van der Waals surface area contributed by atoms with Crippen molar-refractivity contribution in [2.75, 3.05) is 39.8 Å². The first-order chi connectivity index (χ1) is 13.2. The molecule has 3 rings (SSSR count). The van der Waals surface area contributed by atoms with E-state index in [-0.39, 0.29) is 0 Å². The molecule has 1 aromatic carbocycles. The van der Waals surface area contributed by atoms with Gasteiger partial charge in [0.1, 0.15) is 11.3 Å². The highest BCUT2D eigenvalue weighted by Crippen LogP contribution is 2.22. The van der Waals surface area contributed by atoms with Crippen LogP contribution in [0.25, 0.3) is 11.0 Å². The van der Waals surface area contributed by atoms with Crippen molar-refractivity contribution in [2.45, 2.75) is 58.1 Å². The maximum absolute atomic E-state index is 6.12. The second-order valence-corrected chi connectivity index (χ2v) is 7.96. The molecule has 1 saturated heterocycles. The van der Waals surface area contributed by atoms with Crippen LogP contribution in [0.4, 0.5) is 0 Å². The molecule has 4 nitrogen and oxygen atoms in total. The van der Waals surface area contributed by atoms with Crippen molar-refractivity contribution in [3.05, 3.63) is 36.1 Å². The SMILES string of the molecule is CCCN(C)CCCCCOC1CCN(Cc2cc3ccccc3o2)CC1. The fourth-order valence-electron chi connectivity index (χ4n) is 3.97. The van der Waals surface area contributed by atoms with Crippen LogP contribution in [0.15, 0.2) is 34.7 Å². The molecule has 2 heterocycles. The van der Waals surface area contributed by atoms with Gasteiger partial charge in [-0.25, -0.2) is 0 Å². The Kier molecular flexibility index (Phi) is 8.18. The second-order valence-electron chi connectivity index (χ2n) is 7.96. The number of piperidine rings is 1. The zero-order chi connectivity index (χ0) is 18.9. The van der Waals surface area contributed by atoms with Crippen molar-refractivity contribution < 1.29 is 9.15 Å². The molecule has 0 N–H and O–H groups in total. The lowest BCUT2D eigenvalue weighted by Gasteiger charge is -2.31. The predicted octanol–water partition coefficient (Wildman–Crippen LogP) is 4.93. The van der Waals surface area contributed by atoms with Gasteiger partial charge in [-0.1, -0.05) is 25.1 Å². The number of likely N-dealkylation sites (tertiary alicyclic amines) is 1. The normalized spacial score (nSPS) is 16.6. The minimum Gasteiger partial charge on any atom is -0.460 e. The van der Waals surface area contributed by atoms with Crippen LogP contribution in [-0.4, -0.2) is 55.7 Å². The molecule has 2 aromatic rings. The fourth-order valence-corrected chi connectivity index (χ4v) is 3.97. The largest absolute Gasteiger partial charge is 0.460 e. The first-order valence-electron chi connectivity index (χ1n) is 10.7. The molecular weight excluding hydrogens is 336 g/mol. The standard InChI is InChI=1S/C23H36N2O2/c1-3-13-24(2)14-7-4-8-17-26-21-11-15-25(16-12-21)19-22-18-20-9-5-6-10-23(20)27-22/h5-6,9-10,18,21H,3-4,7-8,11-17,19H2,1-2H3. The predicted molar refractivity (Wildman–Crippen MR) is 112 cm³/mol. The van der Waals surface area contributed by atoms with Crippen LogP contribution in [0.5, 0.6) is 0 Å². The Hall–Kier alpha value is -1.36. The van der Waals surface area contributed by atoms with Crippen LogP contribution >= 0.6 is 0 Å². The van der Waals surface area contributed by atoms with Gasteiger partial charge in [-0.15, -0.1) is 0 Å². The average Bonchev–Trinajstić information content (AvgIpc) is 3.08. The van der Waals surface area contributed by atoms with Gasteiger partial charge in [0.2, 0.25) is 0 Å². The molecule has 0 unspecified atom stereocenters. The van der Waals surface area contributed by atoms with E-state index < -0.39 is 0 Å². The maximum atomic E-state index is 6.12. The summed E-state index contributed by atoms with van der Waals surface area (Å²) in [5.74, 6) is 1.07. The lowest BCUT2D eigenvalue weighted by molar-refractivity contribution is 0.00310. The van der Waals surface area contributed by atoms with E-state index in [0.717, 1.165) is 50.4 Å². The molecule has 1 fully saturated rings. The molecule has 27 heavy (non-hydrogen) atoms. The van der Waals surface area contributed by atoms with E-state index in [9.17, 15) is 0 Å². The topological polar surface area (TPSA) is 28.9 Å². The monoisotopic (exact) mass is 372 g/mol. The van der Waals surface area contributed by atoms with Gasteiger partial charge in [0, 0.05) is 25.1 Å². The van der Waals surface area contributed by atoms with Crippen molar-refractivity contribution in [2.24, 2.45) is 0 Å². The van der Waals surface area contributed by atoms with Gasteiger partial charge < -0.3 is 14.1 Å². The van der Waals surface area contributed by atoms with Crippen molar-refractivity contribution in [3.8, 4) is 0 Å². The lowest BCUT2D eigenvalue weighted by atomic mass is 10.1. The molecule has 1 aliphatic heterocycles. The Morgan fingerprint density at radius 3 is 2.70 bits per heavy atom. The summed E-state index contributed by atoms with van der Waals surface area (Å²) < 4.78 is 12.1. The van der Waals surface area contributed by atoms with Gasteiger partial charge >= 0.3 is 0 Å². The van der Waals surface area contributed by atoms with Crippen molar-refractivity contribution in [1.29, 1.82) is 0 Å². The van der Waals surface area contributed by atoms with E-state index in [1.807, 2.05) is 12.1 Å². The van der Waals surface area contributed by atoms with Crippen LogP contribution in [0.2, 0.25) is 0 Å². The molecule has 0 bridgehead atoms. The number of fused-ring (bicyclic) bond motifs is 1. The molecule has 4 heteroatoms. The highest BCUT2D eigenvalue weighted by atomic mass is 16.5. The van der Waals surface area contributed by atoms with Crippen molar-refractivity contribution in [3.63, 3.8) is 0 Å². The van der Waals surface area contributed by atoms with Gasteiger partial charge in [-0.2, -0.15) is 0 Å². The summed E-state index contributed by atoms with van der Waals surface area (Å²) in [6.45, 7) is 8.70. The van der Waals surface area contributed by atoms with Crippen LogP contribution in [0.1, 0.15) is 51.2 Å². The molecule has 0 saturated carbocycles. The van der Waals surface area contributed by atoms with E-state index in [4.69, 9.17) is 9.15 Å². The summed E-state index contributed by atoms with van der Waals surface area (Å²) >= 11 is 0. The average molecular weight is 373 g/mol. The van der Waals surface area contributed by atoms with Crippen LogP contribution in [0, 0.1) is 0 Å². The zero-order valence-electron chi connectivity index (χ0n) is 17.2. The van der Waals surface area contributed by atoms with E-state index >= 15 is 0 Å². The van der Waals surface area contributed by atoms with Crippen LogP contribution in [0.3, 0.4) is 0 Å². The van der Waals surface area contributed by atoms with E-state index in [2.05, 4.69) is 42.0 Å². The molecule has 0 aliphatic carbocycles. The quantitative estimate of drug-likeness (QED) is 0.523. The van der Waals surface area contributed by atoms with Gasteiger partial charge in [0.05, 0.1) is 12.6 Å². The summed E-state index contributed by atoms with van der Waals surface area (Å²) in [6.07, 6.45) is 7.72. The van der Waals surface area contributed by atoms with E-state index in [1.165, 1.54) is 44.2 Å². The van der Waals surface area contributed by atoms with Crippen LogP contribution < -0.4 is 0 Å². The Bertz CT molecular complexity index is 628. The number of unbranched alkanes of at least 4 members (excludes halogenated alkanes) is 2. The van der Waals surface area contributed by atoms with Crippen molar-refractivity contribution >= 4 is 11.0 Å². The molecule has 0 radical (unpaired) electrons. The maximum Gasteiger partial charge on any atom is 0.134 e. The van der Waals surface area contributed by atoms with Crippen LogP contribution in [-0.2, 0) is 11.3 Å². The molecule has 0 atom stereocenters. The third-order valence-corrected chi connectivity index (χ3v) is 5.53. The molecule has 1 aliphatic rings. The number of benzene rings is 1. The third-order valence-electron chi connectivity index (χ3n) is 5.53. The number of hydrogen-bond acceptors (Lipinski definition) is 4. The van der Waals surface area contributed by atoms with Gasteiger partial charge in [-0.05, 0) is 70.8 Å². The number of hydrogen-bond donors (Lipinski definition) is 0. The number of ether oxygens (including phenoxy) is 1. The molecule has 0 amide bonds. The van der Waals surface area contributed by atoms with Gasteiger partial charge in [0.25, 0.3) is 0 Å². The van der Waals surface area contributed by atoms with Gasteiger partial charge in [0.15, 0.2) is 0 Å². The minimum atomic E-state index is 0.444. The highest BCUT2D eigenvalue weighted by molar-refractivity contribution is 5.77. The zero-order valence-corrected chi connectivity index (χ0v) is 17.2. The Labute approximate surface area is 164 Å². The summed E-state index contributed by atoms with van der Waals surface area (Å²) in [4.78, 5) is 4.92. The second kappa shape index (κ2) is 10.8. The summed E-state index contributed by atoms with van der Waals surface area (Å²) in [5, 5.41) is 1.20. The minimum absolute atomic E-state index is 0.444. The first-order valence-corrected chi connectivity index (χ1v) is 10.7. The molecular formula is C23H36N2O2. The highest BCUT2D eigenvalue weighted by Gasteiger charge is 2.20. The summed E-state index contributed by atoms with van der Waals surface area (Å²) in [7, 11) is 2.22. The number of para-hydroxylation sites is 1. The summed E-state index contributed by atoms with van der Waals surface area (Å²) in [6, 6.07) is 10.4.